The Kier molecular flexibility index (Phi) is 5.49. The highest BCUT2D eigenvalue weighted by Gasteiger charge is 2.23. The molecular formula is C14H19ClN2O3. The fourth-order valence-corrected chi connectivity index (χ4v) is 2.18. The zero-order valence-corrected chi connectivity index (χ0v) is 12.2. The summed E-state index contributed by atoms with van der Waals surface area (Å²) in [6.07, 6.45) is 0.414. The van der Waals surface area contributed by atoms with Crippen molar-refractivity contribution in [1.82, 2.24) is 10.6 Å². The highest BCUT2D eigenvalue weighted by molar-refractivity contribution is 6.31. The van der Waals surface area contributed by atoms with Gasteiger partial charge in [-0.25, -0.2) is 4.79 Å². The van der Waals surface area contributed by atoms with Crippen molar-refractivity contribution in [3.63, 3.8) is 0 Å². The Morgan fingerprint density at radius 1 is 1.55 bits per heavy atom. The molecule has 6 heteroatoms. The van der Waals surface area contributed by atoms with Crippen LogP contribution in [0.25, 0.3) is 0 Å². The Morgan fingerprint density at radius 2 is 2.40 bits per heavy atom. The first kappa shape index (κ1) is 14.9. The molecule has 2 N–H and O–H groups in total. The summed E-state index contributed by atoms with van der Waals surface area (Å²) < 4.78 is 10.8. The molecule has 1 atom stereocenters. The Bertz CT molecular complexity index is 468. The van der Waals surface area contributed by atoms with Crippen LogP contribution in [-0.2, 0) is 11.3 Å². The van der Waals surface area contributed by atoms with Gasteiger partial charge in [0, 0.05) is 17.1 Å². The maximum Gasteiger partial charge on any atom is 0.407 e. The van der Waals surface area contributed by atoms with Crippen LogP contribution >= 0.6 is 11.6 Å². The Hall–Kier alpha value is -1.46. The van der Waals surface area contributed by atoms with Gasteiger partial charge in [0.2, 0.25) is 0 Å². The standard InChI is InChI=1S/C14H19ClN2O3/c1-2-6-16-8-11-12(15)4-3-5-13(11)19-9-10-7-17-14(18)20-10/h3-5,10,16H,2,6-9H2,1H3,(H,17,18). The van der Waals surface area contributed by atoms with E-state index in [1.165, 1.54) is 0 Å². The number of alkyl carbamates (subject to hydrolysis) is 1. The summed E-state index contributed by atoms with van der Waals surface area (Å²) in [4.78, 5) is 10.9. The van der Waals surface area contributed by atoms with Gasteiger partial charge in [-0.15, -0.1) is 0 Å². The minimum absolute atomic E-state index is 0.252. The topological polar surface area (TPSA) is 59.6 Å². The molecule has 20 heavy (non-hydrogen) atoms. The normalized spacial score (nSPS) is 17.7. The van der Waals surface area contributed by atoms with Crippen LogP contribution in [0.2, 0.25) is 5.02 Å². The molecule has 0 bridgehead atoms. The molecule has 1 unspecified atom stereocenters. The fraction of sp³-hybridized carbons (Fsp3) is 0.500. The van der Waals surface area contributed by atoms with Gasteiger partial charge in [-0.1, -0.05) is 24.6 Å². The van der Waals surface area contributed by atoms with Gasteiger partial charge < -0.3 is 20.1 Å². The Labute approximate surface area is 123 Å². The van der Waals surface area contributed by atoms with Gasteiger partial charge in [0.15, 0.2) is 6.10 Å². The first-order chi connectivity index (χ1) is 9.70. The van der Waals surface area contributed by atoms with E-state index >= 15 is 0 Å². The van der Waals surface area contributed by atoms with Gasteiger partial charge in [-0.3, -0.25) is 0 Å². The number of halogens is 1. The van der Waals surface area contributed by atoms with E-state index in [2.05, 4.69) is 17.6 Å². The summed E-state index contributed by atoms with van der Waals surface area (Å²) in [5.41, 5.74) is 0.930. The molecule has 1 fully saturated rings. The van der Waals surface area contributed by atoms with Crippen molar-refractivity contribution in [1.29, 1.82) is 0 Å². The number of hydrogen-bond acceptors (Lipinski definition) is 4. The fourth-order valence-electron chi connectivity index (χ4n) is 1.94. The molecule has 110 valence electrons. The average Bonchev–Trinajstić information content (AvgIpc) is 2.85. The molecule has 2 rings (SSSR count). The summed E-state index contributed by atoms with van der Waals surface area (Å²) in [6.45, 7) is 4.49. The van der Waals surface area contributed by atoms with Gasteiger partial charge in [0.1, 0.15) is 12.4 Å². The molecule has 1 aliphatic rings. The minimum atomic E-state index is -0.394. The van der Waals surface area contributed by atoms with Crippen molar-refractivity contribution in [3.05, 3.63) is 28.8 Å². The molecule has 5 nitrogen and oxygen atoms in total. The third-order valence-electron chi connectivity index (χ3n) is 2.98. The number of nitrogens with one attached hydrogen (secondary N) is 2. The number of carbonyl (C=O) groups excluding carboxylic acids is 1. The number of benzene rings is 1. The molecule has 1 aromatic carbocycles. The third kappa shape index (κ3) is 4.02. The first-order valence-electron chi connectivity index (χ1n) is 6.76. The molecular weight excluding hydrogens is 280 g/mol. The zero-order chi connectivity index (χ0) is 14.4. The van der Waals surface area contributed by atoms with E-state index in [9.17, 15) is 4.79 Å². The molecule has 1 amide bonds. The smallest absolute Gasteiger partial charge is 0.407 e. The highest BCUT2D eigenvalue weighted by atomic mass is 35.5. The maximum absolute atomic E-state index is 10.9. The first-order valence-corrected chi connectivity index (χ1v) is 7.14. The second kappa shape index (κ2) is 7.36. The van der Waals surface area contributed by atoms with Gasteiger partial charge in [-0.2, -0.15) is 0 Å². The summed E-state index contributed by atoms with van der Waals surface area (Å²) >= 11 is 6.21. The molecule has 0 spiro atoms. The molecule has 1 aromatic rings. The molecule has 1 heterocycles. The number of amides is 1. The van der Waals surface area contributed by atoms with Gasteiger partial charge in [0.05, 0.1) is 6.54 Å². The van der Waals surface area contributed by atoms with Crippen molar-refractivity contribution in [2.45, 2.75) is 26.0 Å². The summed E-state index contributed by atoms with van der Waals surface area (Å²) in [5, 5.41) is 6.57. The van der Waals surface area contributed by atoms with Crippen LogP contribution in [0.5, 0.6) is 5.75 Å². The summed E-state index contributed by atoms with van der Waals surface area (Å²) in [6, 6.07) is 5.56. The monoisotopic (exact) mass is 298 g/mol. The number of carbonyl (C=O) groups is 1. The van der Waals surface area contributed by atoms with Gasteiger partial charge in [0.25, 0.3) is 0 Å². The molecule has 1 aliphatic heterocycles. The molecule has 1 saturated heterocycles. The summed E-state index contributed by atoms with van der Waals surface area (Å²) in [7, 11) is 0. The SMILES string of the molecule is CCCNCc1c(Cl)cccc1OCC1CNC(=O)O1. The summed E-state index contributed by atoms with van der Waals surface area (Å²) in [5.74, 6) is 0.726. The van der Waals surface area contributed by atoms with E-state index in [0.29, 0.717) is 24.7 Å². The molecule has 0 aliphatic carbocycles. The van der Waals surface area contributed by atoms with Gasteiger partial charge >= 0.3 is 6.09 Å². The maximum atomic E-state index is 10.9. The highest BCUT2D eigenvalue weighted by Crippen LogP contribution is 2.26. The van der Waals surface area contributed by atoms with Crippen LogP contribution in [0.15, 0.2) is 18.2 Å². The van der Waals surface area contributed by atoms with Crippen LogP contribution in [0.4, 0.5) is 4.79 Å². The minimum Gasteiger partial charge on any atom is -0.489 e. The van der Waals surface area contributed by atoms with Crippen LogP contribution in [0, 0.1) is 0 Å². The Morgan fingerprint density at radius 3 is 3.10 bits per heavy atom. The van der Waals surface area contributed by atoms with E-state index in [1.54, 1.807) is 0 Å². The third-order valence-corrected chi connectivity index (χ3v) is 3.33. The average molecular weight is 299 g/mol. The van der Waals surface area contributed by atoms with Crippen LogP contribution in [0.3, 0.4) is 0 Å². The van der Waals surface area contributed by atoms with Crippen LogP contribution in [0.1, 0.15) is 18.9 Å². The van der Waals surface area contributed by atoms with Gasteiger partial charge in [-0.05, 0) is 25.1 Å². The molecule has 0 saturated carbocycles. The second-order valence-corrected chi connectivity index (χ2v) is 5.02. The number of hydrogen-bond donors (Lipinski definition) is 2. The largest absolute Gasteiger partial charge is 0.489 e. The quantitative estimate of drug-likeness (QED) is 0.759. The van der Waals surface area contributed by atoms with E-state index in [0.717, 1.165) is 24.3 Å². The predicted octanol–water partition coefficient (Wildman–Crippen LogP) is 2.33. The van der Waals surface area contributed by atoms with Crippen molar-refractivity contribution in [2.75, 3.05) is 19.7 Å². The lowest BCUT2D eigenvalue weighted by atomic mass is 10.2. The lowest BCUT2D eigenvalue weighted by molar-refractivity contribution is 0.104. The number of cyclic esters (lactones) is 1. The van der Waals surface area contributed by atoms with E-state index in [4.69, 9.17) is 21.1 Å². The van der Waals surface area contributed by atoms with Crippen molar-refractivity contribution in [3.8, 4) is 5.75 Å². The van der Waals surface area contributed by atoms with Crippen LogP contribution in [-0.4, -0.2) is 31.9 Å². The second-order valence-electron chi connectivity index (χ2n) is 4.61. The molecule has 0 radical (unpaired) electrons. The zero-order valence-electron chi connectivity index (χ0n) is 11.4. The predicted molar refractivity (Wildman–Crippen MR) is 77.2 cm³/mol. The Balaban J connectivity index is 1.95. The van der Waals surface area contributed by atoms with Crippen molar-refractivity contribution < 1.29 is 14.3 Å². The number of ether oxygens (including phenoxy) is 2. The van der Waals surface area contributed by atoms with Crippen LogP contribution < -0.4 is 15.4 Å². The lowest BCUT2D eigenvalue weighted by Crippen LogP contribution is -2.23. The van der Waals surface area contributed by atoms with E-state index < -0.39 is 6.09 Å². The molecule has 0 aromatic heterocycles. The van der Waals surface area contributed by atoms with Crippen molar-refractivity contribution in [2.24, 2.45) is 0 Å². The van der Waals surface area contributed by atoms with Crippen molar-refractivity contribution >= 4 is 17.7 Å². The number of rotatable bonds is 7. The lowest BCUT2D eigenvalue weighted by Gasteiger charge is -2.15. The van der Waals surface area contributed by atoms with E-state index in [-0.39, 0.29) is 6.10 Å². The van der Waals surface area contributed by atoms with E-state index in [1.807, 2.05) is 18.2 Å².